The van der Waals surface area contributed by atoms with Crippen molar-refractivity contribution in [3.63, 3.8) is 0 Å². The van der Waals surface area contributed by atoms with E-state index >= 15 is 0 Å². The lowest BCUT2D eigenvalue weighted by Crippen LogP contribution is -2.38. The van der Waals surface area contributed by atoms with Gasteiger partial charge >= 0.3 is 5.97 Å². The van der Waals surface area contributed by atoms with Crippen molar-refractivity contribution in [1.29, 1.82) is 0 Å². The number of carboxylic acids is 1. The summed E-state index contributed by atoms with van der Waals surface area (Å²) in [5.74, 6) is -0.742. The van der Waals surface area contributed by atoms with Crippen LogP contribution >= 0.6 is 0 Å². The number of hydrogen-bond acceptors (Lipinski definition) is 1. The second-order valence-corrected chi connectivity index (χ2v) is 6.54. The standard InChI is InChI=1S/C17H23FO2/c1-16(2,18)12-13-7-6-8-14(11-13)17(15(19)20)9-4-3-5-10-17/h6-8,11H,3-5,9-10,12H2,1-2H3,(H,19,20). The highest BCUT2D eigenvalue weighted by atomic mass is 19.1. The third kappa shape index (κ3) is 3.20. The van der Waals surface area contributed by atoms with Gasteiger partial charge in [-0.2, -0.15) is 0 Å². The average molecular weight is 278 g/mol. The highest BCUT2D eigenvalue weighted by molar-refractivity contribution is 5.81. The summed E-state index contributed by atoms with van der Waals surface area (Å²) in [6.07, 6.45) is 4.69. The first kappa shape index (κ1) is 15.0. The smallest absolute Gasteiger partial charge is 0.314 e. The molecule has 110 valence electrons. The van der Waals surface area contributed by atoms with Gasteiger partial charge in [0.2, 0.25) is 0 Å². The summed E-state index contributed by atoms with van der Waals surface area (Å²) in [4.78, 5) is 11.8. The average Bonchev–Trinajstić information content (AvgIpc) is 2.37. The maximum Gasteiger partial charge on any atom is 0.314 e. The third-order valence-electron chi connectivity index (χ3n) is 4.22. The van der Waals surface area contributed by atoms with Gasteiger partial charge in [-0.25, -0.2) is 4.39 Å². The van der Waals surface area contributed by atoms with Gasteiger partial charge in [0.25, 0.3) is 0 Å². The van der Waals surface area contributed by atoms with Crippen LogP contribution in [0, 0.1) is 0 Å². The van der Waals surface area contributed by atoms with E-state index in [0.717, 1.165) is 30.4 Å². The van der Waals surface area contributed by atoms with Crippen molar-refractivity contribution in [3.05, 3.63) is 35.4 Å². The molecular weight excluding hydrogens is 255 g/mol. The molecule has 20 heavy (non-hydrogen) atoms. The highest BCUT2D eigenvalue weighted by Gasteiger charge is 2.41. The Morgan fingerprint density at radius 2 is 1.95 bits per heavy atom. The van der Waals surface area contributed by atoms with Crippen LogP contribution in [0.1, 0.15) is 57.1 Å². The van der Waals surface area contributed by atoms with E-state index in [1.165, 1.54) is 0 Å². The van der Waals surface area contributed by atoms with E-state index in [-0.39, 0.29) is 0 Å². The zero-order valence-electron chi connectivity index (χ0n) is 12.3. The predicted octanol–water partition coefficient (Wildman–Crippen LogP) is 4.26. The summed E-state index contributed by atoms with van der Waals surface area (Å²) in [5.41, 5.74) is -0.330. The summed E-state index contributed by atoms with van der Waals surface area (Å²) in [6, 6.07) is 7.51. The summed E-state index contributed by atoms with van der Waals surface area (Å²) in [6.45, 7) is 3.10. The monoisotopic (exact) mass is 278 g/mol. The minimum Gasteiger partial charge on any atom is -0.481 e. The summed E-state index contributed by atoms with van der Waals surface area (Å²) >= 11 is 0. The van der Waals surface area contributed by atoms with E-state index in [2.05, 4.69) is 0 Å². The topological polar surface area (TPSA) is 37.3 Å². The largest absolute Gasteiger partial charge is 0.481 e. The molecule has 1 saturated carbocycles. The Morgan fingerprint density at radius 3 is 2.50 bits per heavy atom. The number of aliphatic carboxylic acids is 1. The molecule has 0 radical (unpaired) electrons. The van der Waals surface area contributed by atoms with Gasteiger partial charge in [-0.15, -0.1) is 0 Å². The molecule has 1 fully saturated rings. The molecule has 0 amide bonds. The second kappa shape index (κ2) is 5.55. The molecule has 1 aliphatic carbocycles. The molecule has 2 nitrogen and oxygen atoms in total. The van der Waals surface area contributed by atoms with E-state index in [1.54, 1.807) is 13.8 Å². The molecule has 1 N–H and O–H groups in total. The number of benzene rings is 1. The molecule has 0 heterocycles. The molecule has 0 atom stereocenters. The van der Waals surface area contributed by atoms with Gasteiger partial charge in [0, 0.05) is 6.42 Å². The molecule has 0 unspecified atom stereocenters. The Hall–Kier alpha value is -1.38. The second-order valence-electron chi connectivity index (χ2n) is 6.54. The van der Waals surface area contributed by atoms with Crippen molar-refractivity contribution < 1.29 is 14.3 Å². The number of carboxylic acid groups (broad SMARTS) is 1. The molecular formula is C17H23FO2. The van der Waals surface area contributed by atoms with E-state index in [9.17, 15) is 14.3 Å². The van der Waals surface area contributed by atoms with E-state index < -0.39 is 17.1 Å². The van der Waals surface area contributed by atoms with E-state index in [4.69, 9.17) is 0 Å². The SMILES string of the molecule is CC(C)(F)Cc1cccc(C2(C(=O)O)CCCCC2)c1. The van der Waals surface area contributed by atoms with Crippen LogP contribution in [0.4, 0.5) is 4.39 Å². The van der Waals surface area contributed by atoms with Crippen molar-refractivity contribution in [1.82, 2.24) is 0 Å². The lowest BCUT2D eigenvalue weighted by molar-refractivity contribution is -0.145. The molecule has 1 aliphatic rings. The quantitative estimate of drug-likeness (QED) is 0.893. The molecule has 1 aromatic rings. The van der Waals surface area contributed by atoms with Crippen molar-refractivity contribution in [2.75, 3.05) is 0 Å². The van der Waals surface area contributed by atoms with Crippen molar-refractivity contribution in [2.24, 2.45) is 0 Å². The minimum atomic E-state index is -1.28. The van der Waals surface area contributed by atoms with Crippen LogP contribution in [0.15, 0.2) is 24.3 Å². The van der Waals surface area contributed by atoms with Gasteiger partial charge < -0.3 is 5.11 Å². The number of rotatable bonds is 4. The lowest BCUT2D eigenvalue weighted by atomic mass is 9.69. The molecule has 1 aromatic carbocycles. The fraction of sp³-hybridized carbons (Fsp3) is 0.588. The Kier molecular flexibility index (Phi) is 4.17. The highest BCUT2D eigenvalue weighted by Crippen LogP contribution is 2.40. The van der Waals surface area contributed by atoms with Crippen LogP contribution in [0.5, 0.6) is 0 Å². The van der Waals surface area contributed by atoms with Crippen molar-refractivity contribution >= 4 is 5.97 Å². The maximum absolute atomic E-state index is 13.8. The molecule has 0 aromatic heterocycles. The third-order valence-corrected chi connectivity index (χ3v) is 4.22. The fourth-order valence-corrected chi connectivity index (χ4v) is 3.25. The molecule has 0 bridgehead atoms. The summed E-state index contributed by atoms with van der Waals surface area (Å²) in [7, 11) is 0. The number of alkyl halides is 1. The number of halogens is 1. The van der Waals surface area contributed by atoms with Crippen LogP contribution in [0.2, 0.25) is 0 Å². The molecule has 0 saturated heterocycles. The first-order valence-corrected chi connectivity index (χ1v) is 7.35. The molecule has 0 aliphatic heterocycles. The van der Waals surface area contributed by atoms with Crippen LogP contribution in [-0.4, -0.2) is 16.7 Å². The van der Waals surface area contributed by atoms with Gasteiger partial charge in [-0.3, -0.25) is 4.79 Å². The number of carbonyl (C=O) groups is 1. The first-order valence-electron chi connectivity index (χ1n) is 7.35. The normalized spacial score (nSPS) is 18.8. The Morgan fingerprint density at radius 1 is 1.30 bits per heavy atom. The van der Waals surface area contributed by atoms with Gasteiger partial charge in [0.1, 0.15) is 5.67 Å². The first-order chi connectivity index (χ1) is 9.33. The minimum absolute atomic E-state index is 0.316. The number of hydrogen-bond donors (Lipinski definition) is 1. The summed E-state index contributed by atoms with van der Waals surface area (Å²) < 4.78 is 13.8. The maximum atomic E-state index is 13.8. The molecule has 0 spiro atoms. The van der Waals surface area contributed by atoms with Crippen molar-refractivity contribution in [2.45, 2.75) is 63.5 Å². The zero-order chi connectivity index (χ0) is 14.8. The van der Waals surface area contributed by atoms with Crippen LogP contribution in [0.3, 0.4) is 0 Å². The van der Waals surface area contributed by atoms with Crippen molar-refractivity contribution in [3.8, 4) is 0 Å². The fourth-order valence-electron chi connectivity index (χ4n) is 3.25. The van der Waals surface area contributed by atoms with Crippen LogP contribution in [-0.2, 0) is 16.6 Å². The van der Waals surface area contributed by atoms with E-state index in [1.807, 2.05) is 24.3 Å². The van der Waals surface area contributed by atoms with E-state index in [0.29, 0.717) is 19.3 Å². The Labute approximate surface area is 120 Å². The van der Waals surface area contributed by atoms with Gasteiger partial charge in [-0.1, -0.05) is 43.5 Å². The van der Waals surface area contributed by atoms with Crippen LogP contribution in [0.25, 0.3) is 0 Å². The Bertz CT molecular complexity index is 482. The summed E-state index contributed by atoms with van der Waals surface area (Å²) in [5, 5.41) is 9.69. The molecule has 3 heteroatoms. The molecule has 2 rings (SSSR count). The Balaban J connectivity index is 2.35. The van der Waals surface area contributed by atoms with Gasteiger partial charge in [-0.05, 0) is 37.8 Å². The van der Waals surface area contributed by atoms with Gasteiger partial charge in [0.15, 0.2) is 0 Å². The lowest BCUT2D eigenvalue weighted by Gasteiger charge is -2.34. The predicted molar refractivity (Wildman–Crippen MR) is 77.7 cm³/mol. The zero-order valence-corrected chi connectivity index (χ0v) is 12.3. The van der Waals surface area contributed by atoms with Gasteiger partial charge in [0.05, 0.1) is 5.41 Å². The van der Waals surface area contributed by atoms with Crippen LogP contribution < -0.4 is 0 Å².